The molecule has 1 N–H and O–H groups in total. The van der Waals surface area contributed by atoms with Crippen molar-refractivity contribution in [3.05, 3.63) is 46.2 Å². The van der Waals surface area contributed by atoms with E-state index in [1.807, 2.05) is 31.5 Å². The fraction of sp³-hybridized carbons (Fsp3) is 0.312. The number of nitrogens with one attached hydrogen (secondary N) is 1. The Morgan fingerprint density at radius 3 is 2.62 bits per heavy atom. The van der Waals surface area contributed by atoms with Gasteiger partial charge in [-0.3, -0.25) is 4.79 Å². The molecular formula is C16H19ClN2O2. The van der Waals surface area contributed by atoms with Crippen LogP contribution >= 0.6 is 11.6 Å². The highest BCUT2D eigenvalue weighted by atomic mass is 35.5. The second-order valence-corrected chi connectivity index (χ2v) is 5.40. The van der Waals surface area contributed by atoms with Gasteiger partial charge >= 0.3 is 0 Å². The van der Waals surface area contributed by atoms with Gasteiger partial charge < -0.3 is 14.6 Å². The maximum Gasteiger partial charge on any atom is 0.183 e. The number of Topliss-reactive ketones (excluding diaryl/α,β-unsaturated/α-hetero) is 1. The summed E-state index contributed by atoms with van der Waals surface area (Å²) < 4.78 is 7.26. The number of ketones is 1. The summed E-state index contributed by atoms with van der Waals surface area (Å²) in [5, 5.41) is 3.69. The van der Waals surface area contributed by atoms with Crippen LogP contribution in [0.1, 0.15) is 21.7 Å². The average Bonchev–Trinajstić information content (AvgIpc) is 2.72. The first-order chi connectivity index (χ1) is 9.93. The number of hydrogen-bond acceptors (Lipinski definition) is 3. The Bertz CT molecular complexity index is 677. The lowest BCUT2D eigenvalue weighted by Gasteiger charge is -2.11. The summed E-state index contributed by atoms with van der Waals surface area (Å²) in [7, 11) is 3.54. The fourth-order valence-corrected chi connectivity index (χ4v) is 2.40. The molecular weight excluding hydrogens is 288 g/mol. The second-order valence-electron chi connectivity index (χ2n) is 4.97. The smallest absolute Gasteiger partial charge is 0.183 e. The zero-order valence-electron chi connectivity index (χ0n) is 12.7. The predicted molar refractivity (Wildman–Crippen MR) is 85.7 cm³/mol. The molecule has 1 heterocycles. The molecule has 0 radical (unpaired) electrons. The van der Waals surface area contributed by atoms with Crippen LogP contribution in [0.15, 0.2) is 24.3 Å². The van der Waals surface area contributed by atoms with Crippen LogP contribution < -0.4 is 10.1 Å². The molecule has 0 aliphatic rings. The van der Waals surface area contributed by atoms with Crippen LogP contribution in [0.5, 0.6) is 5.75 Å². The Labute approximate surface area is 129 Å². The molecule has 0 aliphatic heterocycles. The van der Waals surface area contributed by atoms with Crippen LogP contribution in [0.4, 0.5) is 5.69 Å². The van der Waals surface area contributed by atoms with Gasteiger partial charge in [0.05, 0.1) is 19.3 Å². The third-order valence-electron chi connectivity index (χ3n) is 3.68. The lowest BCUT2D eigenvalue weighted by molar-refractivity contribution is 0.101. The lowest BCUT2D eigenvalue weighted by Crippen LogP contribution is -2.15. The summed E-state index contributed by atoms with van der Waals surface area (Å²) in [6.45, 7) is 4.12. The highest BCUT2D eigenvalue weighted by Crippen LogP contribution is 2.27. The van der Waals surface area contributed by atoms with Gasteiger partial charge in [0, 0.05) is 29.0 Å². The van der Waals surface area contributed by atoms with Crippen molar-refractivity contribution in [2.24, 2.45) is 7.05 Å². The van der Waals surface area contributed by atoms with Crippen molar-refractivity contribution >= 4 is 23.1 Å². The molecule has 0 fully saturated rings. The zero-order chi connectivity index (χ0) is 15.6. The molecule has 0 saturated carbocycles. The van der Waals surface area contributed by atoms with Gasteiger partial charge in [0.2, 0.25) is 0 Å². The van der Waals surface area contributed by atoms with Gasteiger partial charge in [0.25, 0.3) is 0 Å². The number of carbonyl (C=O) groups excluding carboxylic acids is 1. The van der Waals surface area contributed by atoms with Crippen LogP contribution in [-0.4, -0.2) is 24.0 Å². The monoisotopic (exact) mass is 306 g/mol. The first-order valence-electron chi connectivity index (χ1n) is 6.67. The van der Waals surface area contributed by atoms with Crippen molar-refractivity contribution in [1.82, 2.24) is 4.57 Å². The van der Waals surface area contributed by atoms with Gasteiger partial charge in [-0.1, -0.05) is 11.6 Å². The zero-order valence-corrected chi connectivity index (χ0v) is 13.4. The van der Waals surface area contributed by atoms with Crippen LogP contribution in [0.3, 0.4) is 0 Å². The van der Waals surface area contributed by atoms with Crippen molar-refractivity contribution < 1.29 is 9.53 Å². The van der Waals surface area contributed by atoms with E-state index in [1.54, 1.807) is 25.3 Å². The summed E-state index contributed by atoms with van der Waals surface area (Å²) >= 11 is 5.97. The number of carbonyl (C=O) groups is 1. The standard InChI is InChI=1S/C16H19ClN2O2/c1-10-7-13(11(2)19(10)3)15(20)9-18-14-8-12(17)5-6-16(14)21-4/h5-8,18H,9H2,1-4H3. The summed E-state index contributed by atoms with van der Waals surface area (Å²) in [6.07, 6.45) is 0. The molecule has 5 heteroatoms. The van der Waals surface area contributed by atoms with E-state index in [0.717, 1.165) is 17.0 Å². The van der Waals surface area contributed by atoms with Crippen LogP contribution in [0.25, 0.3) is 0 Å². The first kappa shape index (κ1) is 15.4. The number of rotatable bonds is 5. The lowest BCUT2D eigenvalue weighted by atomic mass is 10.1. The van der Waals surface area contributed by atoms with Crippen molar-refractivity contribution in [3.8, 4) is 5.75 Å². The average molecular weight is 307 g/mol. The number of aryl methyl sites for hydroxylation is 1. The molecule has 0 aliphatic carbocycles. The molecule has 2 aromatic rings. The maximum absolute atomic E-state index is 12.3. The Morgan fingerprint density at radius 1 is 1.33 bits per heavy atom. The van der Waals surface area contributed by atoms with Gasteiger partial charge in [-0.25, -0.2) is 0 Å². The van der Waals surface area contributed by atoms with E-state index in [-0.39, 0.29) is 12.3 Å². The van der Waals surface area contributed by atoms with Gasteiger partial charge in [-0.05, 0) is 38.1 Å². The summed E-state index contributed by atoms with van der Waals surface area (Å²) in [5.74, 6) is 0.700. The van der Waals surface area contributed by atoms with Crippen molar-refractivity contribution in [3.63, 3.8) is 0 Å². The number of hydrogen-bond donors (Lipinski definition) is 1. The van der Waals surface area contributed by atoms with Gasteiger partial charge in [0.1, 0.15) is 5.75 Å². The molecule has 112 valence electrons. The van der Waals surface area contributed by atoms with Gasteiger partial charge in [-0.15, -0.1) is 0 Å². The van der Waals surface area contributed by atoms with E-state index in [2.05, 4.69) is 5.32 Å². The Morgan fingerprint density at radius 2 is 2.05 bits per heavy atom. The molecule has 1 aromatic carbocycles. The highest BCUT2D eigenvalue weighted by Gasteiger charge is 2.14. The topological polar surface area (TPSA) is 43.3 Å². The van der Waals surface area contributed by atoms with Crippen LogP contribution in [-0.2, 0) is 7.05 Å². The van der Waals surface area contributed by atoms with E-state index in [9.17, 15) is 4.79 Å². The number of ether oxygens (including phenoxy) is 1. The van der Waals surface area contributed by atoms with E-state index in [4.69, 9.17) is 16.3 Å². The summed E-state index contributed by atoms with van der Waals surface area (Å²) in [4.78, 5) is 12.3. The highest BCUT2D eigenvalue weighted by molar-refractivity contribution is 6.31. The molecule has 0 bridgehead atoms. The van der Waals surface area contributed by atoms with Gasteiger partial charge in [0.15, 0.2) is 5.78 Å². The number of anilines is 1. The number of methoxy groups -OCH3 is 1. The molecule has 0 saturated heterocycles. The first-order valence-corrected chi connectivity index (χ1v) is 7.05. The predicted octanol–water partition coefficient (Wildman–Crippen LogP) is 3.60. The molecule has 21 heavy (non-hydrogen) atoms. The Kier molecular flexibility index (Phi) is 4.58. The normalized spacial score (nSPS) is 10.5. The third-order valence-corrected chi connectivity index (χ3v) is 3.91. The second kappa shape index (κ2) is 6.22. The molecule has 0 amide bonds. The maximum atomic E-state index is 12.3. The van der Waals surface area contributed by atoms with Crippen molar-refractivity contribution in [2.45, 2.75) is 13.8 Å². The minimum atomic E-state index is 0.0400. The molecule has 1 aromatic heterocycles. The molecule has 0 unspecified atom stereocenters. The third kappa shape index (κ3) is 3.22. The molecule has 2 rings (SSSR count). The van der Waals surface area contributed by atoms with E-state index in [1.165, 1.54) is 0 Å². The number of nitrogens with zero attached hydrogens (tertiary/aromatic N) is 1. The largest absolute Gasteiger partial charge is 0.495 e. The fourth-order valence-electron chi connectivity index (χ4n) is 2.23. The minimum Gasteiger partial charge on any atom is -0.495 e. The van der Waals surface area contributed by atoms with E-state index in [0.29, 0.717) is 16.5 Å². The van der Waals surface area contributed by atoms with E-state index < -0.39 is 0 Å². The Hall–Kier alpha value is -1.94. The molecule has 0 atom stereocenters. The van der Waals surface area contributed by atoms with Crippen LogP contribution in [0.2, 0.25) is 5.02 Å². The summed E-state index contributed by atoms with van der Waals surface area (Å²) in [5.41, 5.74) is 3.49. The SMILES string of the molecule is COc1ccc(Cl)cc1NCC(=O)c1cc(C)n(C)c1C. The van der Waals surface area contributed by atoms with E-state index >= 15 is 0 Å². The van der Waals surface area contributed by atoms with Crippen molar-refractivity contribution in [1.29, 1.82) is 0 Å². The number of halogens is 1. The van der Waals surface area contributed by atoms with Crippen molar-refractivity contribution in [2.75, 3.05) is 19.0 Å². The van der Waals surface area contributed by atoms with Crippen LogP contribution in [0, 0.1) is 13.8 Å². The minimum absolute atomic E-state index is 0.0400. The number of benzene rings is 1. The van der Waals surface area contributed by atoms with Gasteiger partial charge in [-0.2, -0.15) is 0 Å². The quantitative estimate of drug-likeness (QED) is 0.858. The Balaban J connectivity index is 2.14. The molecule has 0 spiro atoms. The summed E-state index contributed by atoms with van der Waals surface area (Å²) in [6, 6.07) is 7.18. The molecule has 4 nitrogen and oxygen atoms in total. The number of aromatic nitrogens is 1.